The molecule has 2 aliphatic rings. The van der Waals surface area contributed by atoms with Crippen LogP contribution in [0.3, 0.4) is 0 Å². The highest BCUT2D eigenvalue weighted by Crippen LogP contribution is 2.44. The maximum atomic E-state index is 2.70. The van der Waals surface area contributed by atoms with Gasteiger partial charge in [0.2, 0.25) is 0 Å². The van der Waals surface area contributed by atoms with Gasteiger partial charge >= 0.3 is 0 Å². The van der Waals surface area contributed by atoms with Gasteiger partial charge < -0.3 is 13.7 Å². The van der Waals surface area contributed by atoms with E-state index in [-0.39, 0.29) is 6.71 Å². The Balaban J connectivity index is 1.14. The van der Waals surface area contributed by atoms with Gasteiger partial charge in [0.05, 0.1) is 27.8 Å². The van der Waals surface area contributed by atoms with Crippen LogP contribution in [-0.2, 0) is 0 Å². The molecule has 0 saturated heterocycles. The van der Waals surface area contributed by atoms with Gasteiger partial charge in [-0.05, 0) is 147 Å². The molecule has 17 aromatic rings. The molecule has 3 nitrogen and oxygen atoms in total. The van der Waals surface area contributed by atoms with Gasteiger partial charge in [-0.2, -0.15) is 0 Å². The van der Waals surface area contributed by atoms with Gasteiger partial charge in [0.15, 0.2) is 0 Å². The predicted octanol–water partition coefficient (Wildman–Crippen LogP) is 20.0. The van der Waals surface area contributed by atoms with Crippen molar-refractivity contribution in [3.8, 4) is 50.4 Å². The first-order valence-corrected chi connectivity index (χ1v) is 30.6. The van der Waals surface area contributed by atoms with Crippen LogP contribution in [0.15, 0.2) is 315 Å². The number of rotatable bonds is 4. The van der Waals surface area contributed by atoms with E-state index in [4.69, 9.17) is 0 Å². The minimum atomic E-state index is -0.260. The summed E-state index contributed by atoms with van der Waals surface area (Å²) in [6.45, 7) is -0.260. The zero-order valence-electron chi connectivity index (χ0n) is 47.9. The summed E-state index contributed by atoms with van der Waals surface area (Å²) in [5.74, 6) is 0. The van der Waals surface area contributed by atoms with Crippen molar-refractivity contribution in [3.63, 3.8) is 0 Å². The Morgan fingerprint density at radius 2 is 0.489 bits per heavy atom. The minimum absolute atomic E-state index is 0.260. The third kappa shape index (κ3) is 7.09. The number of aromatic nitrogens is 3. The lowest BCUT2D eigenvalue weighted by molar-refractivity contribution is 1.10. The fourth-order valence-corrected chi connectivity index (χ4v) is 15.5. The standard InChI is InChI=1S/C84H52BN3/c1-4-24-53(25-5-1)56-44-45-79-71(46-56)65-35-15-11-31-61(65)63-33-13-17-37-67(63)73-48-58(55-28-8-3-9-29-55)50-75-84(73)88(79)81-52-59(86-76-41-21-19-39-69(76)70-40-20-22-42-77(70)86)51-80-82(81)85(75)74-49-57(54-26-6-2-7-27-54)47-72-66-36-16-12-32-62(66)60-30-10-14-34-64(60)68-38-18-23-43-78(68)87(80)83(72)74/h1-52H. The molecule has 0 amide bonds. The van der Waals surface area contributed by atoms with E-state index < -0.39 is 0 Å². The molecule has 3 aromatic heterocycles. The first-order valence-electron chi connectivity index (χ1n) is 30.6. The van der Waals surface area contributed by atoms with Crippen LogP contribution in [0.2, 0.25) is 0 Å². The van der Waals surface area contributed by atoms with Crippen molar-refractivity contribution < 1.29 is 0 Å². The van der Waals surface area contributed by atoms with Crippen LogP contribution in [0, 0.1) is 0 Å². The van der Waals surface area contributed by atoms with Crippen LogP contribution >= 0.6 is 0 Å². The average Bonchev–Trinajstić information content (AvgIpc) is 1.01. The Morgan fingerprint density at radius 1 is 0.193 bits per heavy atom. The first-order chi connectivity index (χ1) is 43.7. The quantitative estimate of drug-likeness (QED) is 0.156. The summed E-state index contributed by atoms with van der Waals surface area (Å²) in [5, 5.41) is 16.7. The predicted molar refractivity (Wildman–Crippen MR) is 376 cm³/mol. The monoisotopic (exact) mass is 1110 g/mol. The lowest BCUT2D eigenvalue weighted by atomic mass is 9.34. The largest absolute Gasteiger partial charge is 0.310 e. The Labute approximate surface area is 508 Å². The molecule has 406 valence electrons. The average molecular weight is 1110 g/mol. The second kappa shape index (κ2) is 19.0. The van der Waals surface area contributed by atoms with Crippen molar-refractivity contribution in [2.45, 2.75) is 0 Å². The molecule has 0 fully saturated rings. The van der Waals surface area contributed by atoms with Gasteiger partial charge in [-0.3, -0.25) is 0 Å². The topological polar surface area (TPSA) is 14.8 Å². The molecule has 0 atom stereocenters. The third-order valence-corrected chi connectivity index (χ3v) is 19.2. The van der Waals surface area contributed by atoms with Gasteiger partial charge in [0.25, 0.3) is 6.71 Å². The Bertz CT molecular complexity index is 5940. The lowest BCUT2D eigenvalue weighted by Gasteiger charge is -2.37. The summed E-state index contributed by atoms with van der Waals surface area (Å²) >= 11 is 0. The van der Waals surface area contributed by atoms with Gasteiger partial charge in [-0.15, -0.1) is 0 Å². The molecule has 5 heterocycles. The summed E-state index contributed by atoms with van der Waals surface area (Å²) < 4.78 is 7.93. The zero-order chi connectivity index (χ0) is 57.6. The molecule has 19 rings (SSSR count). The highest BCUT2D eigenvalue weighted by atomic mass is 15.1. The molecule has 88 heavy (non-hydrogen) atoms. The molecule has 0 N–H and O–H groups in total. The smallest absolute Gasteiger partial charge is 0.252 e. The molecular weight excluding hydrogens is 1060 g/mol. The van der Waals surface area contributed by atoms with E-state index in [2.05, 4.69) is 329 Å². The van der Waals surface area contributed by atoms with E-state index >= 15 is 0 Å². The maximum Gasteiger partial charge on any atom is 0.252 e. The Morgan fingerprint density at radius 3 is 0.909 bits per heavy atom. The van der Waals surface area contributed by atoms with E-state index in [1.54, 1.807) is 0 Å². The fraction of sp³-hybridized carbons (Fsp3) is 0. The number of hydrogen-bond donors (Lipinski definition) is 0. The SMILES string of the molecule is c1ccc(-c2ccc3c(c2)c2ccccc2c2ccccc2c2cc(-c4ccccc4)cc4c2n3-c2cc(-n3c5ccccc5c5ccccc53)cc3c2B4c2cc(-c4ccccc4)cc4c5ccccc5c5ccccc5c5ccccc5n-3c24)cc1. The van der Waals surface area contributed by atoms with Gasteiger partial charge in [0.1, 0.15) is 0 Å². The number of para-hydroxylation sites is 3. The van der Waals surface area contributed by atoms with Crippen LogP contribution in [-0.4, -0.2) is 20.4 Å². The maximum absolute atomic E-state index is 2.70. The lowest BCUT2D eigenvalue weighted by Crippen LogP contribution is -2.60. The summed E-state index contributed by atoms with van der Waals surface area (Å²) in [4.78, 5) is 0. The van der Waals surface area contributed by atoms with E-state index in [0.29, 0.717) is 0 Å². The van der Waals surface area contributed by atoms with E-state index in [0.717, 1.165) is 39.1 Å². The number of nitrogens with zero attached hydrogens (tertiary/aromatic N) is 3. The van der Waals surface area contributed by atoms with Gasteiger partial charge in [-0.1, -0.05) is 261 Å². The Kier molecular flexibility index (Phi) is 10.6. The van der Waals surface area contributed by atoms with Crippen LogP contribution in [0.1, 0.15) is 0 Å². The van der Waals surface area contributed by atoms with Crippen LogP contribution in [0.5, 0.6) is 0 Å². The molecule has 0 aliphatic carbocycles. The fourth-order valence-electron chi connectivity index (χ4n) is 15.5. The van der Waals surface area contributed by atoms with Crippen molar-refractivity contribution in [1.82, 2.24) is 13.7 Å². The first kappa shape index (κ1) is 48.9. The van der Waals surface area contributed by atoms with Crippen molar-refractivity contribution in [2.24, 2.45) is 0 Å². The van der Waals surface area contributed by atoms with Gasteiger partial charge in [-0.25, -0.2) is 0 Å². The molecule has 0 spiro atoms. The van der Waals surface area contributed by atoms with Crippen molar-refractivity contribution in [3.05, 3.63) is 315 Å². The third-order valence-electron chi connectivity index (χ3n) is 19.2. The highest BCUT2D eigenvalue weighted by Gasteiger charge is 2.41. The van der Waals surface area contributed by atoms with Gasteiger partial charge in [0, 0.05) is 54.7 Å². The minimum Gasteiger partial charge on any atom is -0.310 e. The summed E-state index contributed by atoms with van der Waals surface area (Å²) in [6, 6.07) is 119. The number of hydrogen-bond acceptors (Lipinski definition) is 0. The van der Waals surface area contributed by atoms with Crippen LogP contribution < -0.4 is 16.4 Å². The number of fused-ring (bicyclic) bond motifs is 21. The normalized spacial score (nSPS) is 12.3. The van der Waals surface area contributed by atoms with E-state index in [1.165, 1.54) is 136 Å². The van der Waals surface area contributed by atoms with E-state index in [1.807, 2.05) is 0 Å². The number of benzene rings is 14. The second-order valence-electron chi connectivity index (χ2n) is 23.8. The summed E-state index contributed by atoms with van der Waals surface area (Å²) in [5.41, 5.74) is 21.1. The van der Waals surface area contributed by atoms with Crippen molar-refractivity contribution in [1.29, 1.82) is 0 Å². The van der Waals surface area contributed by atoms with Crippen molar-refractivity contribution >= 4 is 132 Å². The molecule has 14 aromatic carbocycles. The molecule has 4 heteroatoms. The summed E-state index contributed by atoms with van der Waals surface area (Å²) in [7, 11) is 0. The zero-order valence-corrected chi connectivity index (χ0v) is 47.9. The summed E-state index contributed by atoms with van der Waals surface area (Å²) in [6.07, 6.45) is 0. The molecule has 0 bridgehead atoms. The van der Waals surface area contributed by atoms with E-state index in [9.17, 15) is 0 Å². The molecule has 0 saturated carbocycles. The highest BCUT2D eigenvalue weighted by molar-refractivity contribution is 7.00. The van der Waals surface area contributed by atoms with Crippen molar-refractivity contribution in [2.75, 3.05) is 0 Å². The molecule has 2 aliphatic heterocycles. The second-order valence-corrected chi connectivity index (χ2v) is 23.8. The molecular formula is C84H52BN3. The van der Waals surface area contributed by atoms with Crippen LogP contribution in [0.4, 0.5) is 0 Å². The molecule has 0 radical (unpaired) electrons. The Hall–Kier alpha value is -11.5. The molecule has 0 unspecified atom stereocenters. The van der Waals surface area contributed by atoms with Crippen LogP contribution in [0.25, 0.3) is 159 Å².